The van der Waals surface area contributed by atoms with E-state index in [1.807, 2.05) is 37.3 Å². The second-order valence-corrected chi connectivity index (χ2v) is 7.32. The predicted octanol–water partition coefficient (Wildman–Crippen LogP) is 3.57. The van der Waals surface area contributed by atoms with Gasteiger partial charge in [-0.25, -0.2) is 0 Å². The summed E-state index contributed by atoms with van der Waals surface area (Å²) in [7, 11) is 2.77. The molecular weight excluding hydrogens is 413 g/mol. The summed E-state index contributed by atoms with van der Waals surface area (Å²) in [5, 5.41) is 6.75. The first kappa shape index (κ1) is 22.9. The highest BCUT2D eigenvalue weighted by Crippen LogP contribution is 2.34. The van der Waals surface area contributed by atoms with Crippen LogP contribution in [0.2, 0.25) is 0 Å². The van der Waals surface area contributed by atoms with Gasteiger partial charge < -0.3 is 24.8 Å². The van der Waals surface area contributed by atoms with Crippen molar-refractivity contribution in [3.63, 3.8) is 0 Å². The lowest BCUT2D eigenvalue weighted by atomic mass is 9.91. The van der Waals surface area contributed by atoms with E-state index in [1.54, 1.807) is 0 Å². The van der Waals surface area contributed by atoms with Crippen LogP contribution in [0.15, 0.2) is 48.5 Å². The number of hydrogen-bond acceptors (Lipinski definition) is 6. The number of nitrogens with one attached hydrogen (secondary N) is 2. The largest absolute Gasteiger partial charge is 0.573 e. The lowest BCUT2D eigenvalue weighted by molar-refractivity contribution is -0.274. The highest BCUT2D eigenvalue weighted by molar-refractivity contribution is 5.75. The van der Waals surface area contributed by atoms with E-state index in [0.29, 0.717) is 11.3 Å². The minimum Gasteiger partial charge on any atom is -0.496 e. The average molecular weight is 438 g/mol. The number of benzene rings is 2. The van der Waals surface area contributed by atoms with Gasteiger partial charge in [0.25, 0.3) is 0 Å². The number of ether oxygens (including phenoxy) is 3. The molecule has 1 aliphatic rings. The Hall–Kier alpha value is -2.78. The van der Waals surface area contributed by atoms with Gasteiger partial charge in [0, 0.05) is 30.2 Å². The van der Waals surface area contributed by atoms with Gasteiger partial charge in [0.2, 0.25) is 0 Å². The van der Waals surface area contributed by atoms with Crippen LogP contribution in [-0.4, -0.2) is 38.6 Å². The van der Waals surface area contributed by atoms with Crippen LogP contribution in [0.5, 0.6) is 11.5 Å². The number of hydrogen-bond donors (Lipinski definition) is 2. The average Bonchev–Trinajstić information content (AvgIpc) is 3.07. The summed E-state index contributed by atoms with van der Waals surface area (Å²) in [4.78, 5) is 12.5. The van der Waals surface area contributed by atoms with Crippen molar-refractivity contribution in [3.05, 3.63) is 59.7 Å². The van der Waals surface area contributed by atoms with E-state index in [1.165, 1.54) is 32.4 Å². The highest BCUT2D eigenvalue weighted by atomic mass is 19.4. The number of esters is 1. The summed E-state index contributed by atoms with van der Waals surface area (Å²) < 4.78 is 52.2. The fourth-order valence-corrected chi connectivity index (χ4v) is 4.02. The van der Waals surface area contributed by atoms with Gasteiger partial charge in [-0.05, 0) is 30.7 Å². The molecule has 0 bridgehead atoms. The normalized spacial score (nSPS) is 23.4. The van der Waals surface area contributed by atoms with Gasteiger partial charge in [0.1, 0.15) is 11.5 Å². The Kier molecular flexibility index (Phi) is 7.07. The molecular formula is C22H25F3N2O4. The van der Waals surface area contributed by atoms with Gasteiger partial charge >= 0.3 is 12.3 Å². The van der Waals surface area contributed by atoms with Crippen molar-refractivity contribution in [3.8, 4) is 11.5 Å². The summed E-state index contributed by atoms with van der Waals surface area (Å²) >= 11 is 0. The first-order valence-corrected chi connectivity index (χ1v) is 9.78. The number of methoxy groups -OCH3 is 2. The molecule has 9 heteroatoms. The fraction of sp³-hybridized carbons (Fsp3) is 0.409. The van der Waals surface area contributed by atoms with Crippen LogP contribution in [0.1, 0.15) is 24.1 Å². The van der Waals surface area contributed by atoms with E-state index in [2.05, 4.69) is 15.4 Å². The number of carbonyl (C=O) groups excluding carboxylic acids is 1. The molecule has 168 valence electrons. The topological polar surface area (TPSA) is 68.8 Å². The third kappa shape index (κ3) is 5.48. The van der Waals surface area contributed by atoms with Gasteiger partial charge in [-0.3, -0.25) is 4.79 Å². The van der Waals surface area contributed by atoms with Crippen molar-refractivity contribution in [2.45, 2.75) is 38.0 Å². The number of rotatable bonds is 7. The maximum atomic E-state index is 12.6. The highest BCUT2D eigenvalue weighted by Gasteiger charge is 2.46. The number of halogens is 3. The van der Waals surface area contributed by atoms with E-state index in [0.717, 1.165) is 5.56 Å². The molecule has 0 amide bonds. The van der Waals surface area contributed by atoms with Crippen LogP contribution in [0.25, 0.3) is 0 Å². The van der Waals surface area contributed by atoms with Crippen molar-refractivity contribution >= 4 is 5.97 Å². The zero-order valence-electron chi connectivity index (χ0n) is 17.4. The summed E-state index contributed by atoms with van der Waals surface area (Å²) in [6.07, 6.45) is -4.79. The molecule has 0 aliphatic carbocycles. The molecule has 0 saturated carbocycles. The molecule has 2 aromatic rings. The molecule has 1 aliphatic heterocycles. The zero-order valence-corrected chi connectivity index (χ0v) is 17.4. The molecule has 4 atom stereocenters. The number of carbonyl (C=O) groups is 1. The molecule has 1 saturated heterocycles. The molecule has 0 spiro atoms. The van der Waals surface area contributed by atoms with E-state index in [4.69, 9.17) is 9.47 Å². The van der Waals surface area contributed by atoms with Gasteiger partial charge in [0.05, 0.1) is 20.1 Å². The van der Waals surface area contributed by atoms with Crippen LogP contribution >= 0.6 is 0 Å². The standard InChI is InChI=1S/C22H25F3N2O4/c1-13-18(21(28)30-3)20(19(27-13)14-7-5-4-6-8-14)26-12-15-11-16(31-22(23,24)25)9-10-17(15)29-2/h4-11,13,18-20,26-27H,12H2,1-3H3. The third-order valence-electron chi connectivity index (χ3n) is 5.37. The lowest BCUT2D eigenvalue weighted by Gasteiger charge is -2.25. The summed E-state index contributed by atoms with van der Waals surface area (Å²) in [6, 6.07) is 12.8. The van der Waals surface area contributed by atoms with Crippen LogP contribution in [0.4, 0.5) is 13.2 Å². The second-order valence-electron chi connectivity index (χ2n) is 7.32. The van der Waals surface area contributed by atoms with Crippen molar-refractivity contribution in [1.29, 1.82) is 0 Å². The van der Waals surface area contributed by atoms with Crippen LogP contribution in [0.3, 0.4) is 0 Å². The third-order valence-corrected chi connectivity index (χ3v) is 5.37. The van der Waals surface area contributed by atoms with Gasteiger partial charge in [0.15, 0.2) is 0 Å². The Morgan fingerprint density at radius 3 is 2.45 bits per heavy atom. The first-order valence-electron chi connectivity index (χ1n) is 9.78. The monoisotopic (exact) mass is 438 g/mol. The van der Waals surface area contributed by atoms with Crippen LogP contribution < -0.4 is 20.1 Å². The van der Waals surface area contributed by atoms with Gasteiger partial charge in [-0.15, -0.1) is 13.2 Å². The molecule has 2 N–H and O–H groups in total. The maximum Gasteiger partial charge on any atom is 0.573 e. The summed E-state index contributed by atoms with van der Waals surface area (Å²) in [5.41, 5.74) is 1.46. The van der Waals surface area contributed by atoms with Crippen molar-refractivity contribution in [2.75, 3.05) is 14.2 Å². The quantitative estimate of drug-likeness (QED) is 0.645. The van der Waals surface area contributed by atoms with Crippen molar-refractivity contribution in [2.24, 2.45) is 5.92 Å². The second kappa shape index (κ2) is 9.57. The maximum absolute atomic E-state index is 12.6. The molecule has 0 radical (unpaired) electrons. The molecule has 1 heterocycles. The number of alkyl halides is 3. The van der Waals surface area contributed by atoms with E-state index in [9.17, 15) is 18.0 Å². The minimum absolute atomic E-state index is 0.161. The minimum atomic E-state index is -4.79. The molecule has 2 aromatic carbocycles. The van der Waals surface area contributed by atoms with E-state index in [-0.39, 0.29) is 36.4 Å². The predicted molar refractivity (Wildman–Crippen MR) is 108 cm³/mol. The Morgan fingerprint density at radius 1 is 1.13 bits per heavy atom. The Balaban J connectivity index is 1.87. The molecule has 31 heavy (non-hydrogen) atoms. The molecule has 0 aromatic heterocycles. The van der Waals surface area contributed by atoms with Gasteiger partial charge in [-0.1, -0.05) is 30.3 Å². The van der Waals surface area contributed by atoms with Crippen LogP contribution in [-0.2, 0) is 16.1 Å². The van der Waals surface area contributed by atoms with Crippen molar-refractivity contribution < 1.29 is 32.2 Å². The Bertz CT molecular complexity index is 892. The van der Waals surface area contributed by atoms with E-state index < -0.39 is 12.3 Å². The molecule has 6 nitrogen and oxygen atoms in total. The molecule has 3 rings (SSSR count). The fourth-order valence-electron chi connectivity index (χ4n) is 4.02. The van der Waals surface area contributed by atoms with E-state index >= 15 is 0 Å². The SMILES string of the molecule is COC(=O)C1C(C)NC(c2ccccc2)C1NCc1cc(OC(F)(F)F)ccc1OC. The molecule has 1 fully saturated rings. The summed E-state index contributed by atoms with van der Waals surface area (Å²) in [6.45, 7) is 2.06. The molecule has 4 unspecified atom stereocenters. The zero-order chi connectivity index (χ0) is 22.6. The Labute approximate surface area is 178 Å². The smallest absolute Gasteiger partial charge is 0.496 e. The Morgan fingerprint density at radius 2 is 1.84 bits per heavy atom. The van der Waals surface area contributed by atoms with Crippen LogP contribution in [0, 0.1) is 5.92 Å². The van der Waals surface area contributed by atoms with Gasteiger partial charge in [-0.2, -0.15) is 0 Å². The first-order chi connectivity index (χ1) is 14.7. The summed E-state index contributed by atoms with van der Waals surface area (Å²) in [5.74, 6) is -0.785. The van der Waals surface area contributed by atoms with Crippen molar-refractivity contribution in [1.82, 2.24) is 10.6 Å². The lowest BCUT2D eigenvalue weighted by Crippen LogP contribution is -2.42.